The maximum atomic E-state index is 11.2. The van der Waals surface area contributed by atoms with E-state index in [9.17, 15) is 4.79 Å². The van der Waals surface area contributed by atoms with Gasteiger partial charge in [0.15, 0.2) is 0 Å². The van der Waals surface area contributed by atoms with Crippen LogP contribution in [0.4, 0.5) is 0 Å². The van der Waals surface area contributed by atoms with Crippen LogP contribution in [0.5, 0.6) is 0 Å². The minimum Gasteiger partial charge on any atom is -0.384 e. The number of hydrogen-bond acceptors (Lipinski definition) is 3. The fraction of sp³-hybridized carbons (Fsp3) is 0.900. The minimum absolute atomic E-state index is 0.0878. The zero-order valence-electron chi connectivity index (χ0n) is 8.84. The molecule has 0 aromatic carbocycles. The highest BCUT2D eigenvalue weighted by atomic mass is 16.5. The van der Waals surface area contributed by atoms with Gasteiger partial charge in [-0.25, -0.2) is 0 Å². The molecule has 82 valence electrons. The van der Waals surface area contributed by atoms with Crippen LogP contribution in [-0.4, -0.2) is 38.8 Å². The van der Waals surface area contributed by atoms with E-state index >= 15 is 0 Å². The Morgan fingerprint density at radius 1 is 1.64 bits per heavy atom. The van der Waals surface area contributed by atoms with Crippen LogP contribution in [0.3, 0.4) is 0 Å². The number of amides is 1. The lowest BCUT2D eigenvalue weighted by Crippen LogP contribution is -2.30. The molecule has 1 amide bonds. The number of carbonyl (C=O) groups is 1. The predicted molar refractivity (Wildman–Crippen MR) is 55.1 cm³/mol. The minimum atomic E-state index is 0.0878. The van der Waals surface area contributed by atoms with Crippen LogP contribution in [-0.2, 0) is 9.53 Å². The Morgan fingerprint density at radius 3 is 3.14 bits per heavy atom. The van der Waals surface area contributed by atoms with Gasteiger partial charge in [0.1, 0.15) is 0 Å². The standard InChI is InChI=1S/C10H20N2O2/c1-14-8-5-10(13)12-7-4-9-3-2-6-11-9/h9,11H,2-8H2,1H3,(H,12,13)/t9-/m1/s1. The van der Waals surface area contributed by atoms with E-state index in [1.807, 2.05) is 0 Å². The summed E-state index contributed by atoms with van der Waals surface area (Å²) in [4.78, 5) is 11.2. The van der Waals surface area contributed by atoms with Gasteiger partial charge >= 0.3 is 0 Å². The van der Waals surface area contributed by atoms with Gasteiger partial charge in [-0.05, 0) is 25.8 Å². The summed E-state index contributed by atoms with van der Waals surface area (Å²) in [5, 5.41) is 6.28. The summed E-state index contributed by atoms with van der Waals surface area (Å²) in [5.41, 5.74) is 0. The zero-order chi connectivity index (χ0) is 10.2. The Morgan fingerprint density at radius 2 is 2.50 bits per heavy atom. The van der Waals surface area contributed by atoms with Gasteiger partial charge in [0.2, 0.25) is 5.91 Å². The number of ether oxygens (including phenoxy) is 1. The van der Waals surface area contributed by atoms with E-state index in [0.717, 1.165) is 19.5 Å². The third kappa shape index (κ3) is 4.58. The first kappa shape index (κ1) is 11.5. The van der Waals surface area contributed by atoms with Crippen molar-refractivity contribution in [2.45, 2.75) is 31.7 Å². The maximum Gasteiger partial charge on any atom is 0.222 e. The molecule has 4 nitrogen and oxygen atoms in total. The van der Waals surface area contributed by atoms with Crippen molar-refractivity contribution < 1.29 is 9.53 Å². The summed E-state index contributed by atoms with van der Waals surface area (Å²) in [6, 6.07) is 0.609. The molecular weight excluding hydrogens is 180 g/mol. The fourth-order valence-corrected chi connectivity index (χ4v) is 1.67. The van der Waals surface area contributed by atoms with Crippen molar-refractivity contribution >= 4 is 5.91 Å². The molecule has 14 heavy (non-hydrogen) atoms. The van der Waals surface area contributed by atoms with E-state index < -0.39 is 0 Å². The van der Waals surface area contributed by atoms with Crippen molar-refractivity contribution in [3.05, 3.63) is 0 Å². The summed E-state index contributed by atoms with van der Waals surface area (Å²) in [5.74, 6) is 0.0878. The normalized spacial score (nSPS) is 21.1. The van der Waals surface area contributed by atoms with Gasteiger partial charge in [0, 0.05) is 26.1 Å². The molecule has 0 spiro atoms. The molecule has 0 aromatic heterocycles. The van der Waals surface area contributed by atoms with Crippen molar-refractivity contribution in [2.24, 2.45) is 0 Å². The Hall–Kier alpha value is -0.610. The molecule has 0 radical (unpaired) electrons. The van der Waals surface area contributed by atoms with Gasteiger partial charge in [-0.2, -0.15) is 0 Å². The Balaban J connectivity index is 1.94. The summed E-state index contributed by atoms with van der Waals surface area (Å²) >= 11 is 0. The summed E-state index contributed by atoms with van der Waals surface area (Å²) in [6.07, 6.45) is 4.02. The van der Waals surface area contributed by atoms with E-state index in [-0.39, 0.29) is 5.91 Å². The smallest absolute Gasteiger partial charge is 0.222 e. The third-order valence-electron chi connectivity index (χ3n) is 2.51. The number of hydrogen-bond donors (Lipinski definition) is 2. The lowest BCUT2D eigenvalue weighted by molar-refractivity contribution is -0.121. The van der Waals surface area contributed by atoms with Gasteiger partial charge in [0.25, 0.3) is 0 Å². The molecule has 1 fully saturated rings. The maximum absolute atomic E-state index is 11.2. The quantitative estimate of drug-likeness (QED) is 0.647. The topological polar surface area (TPSA) is 50.4 Å². The summed E-state index contributed by atoms with van der Waals surface area (Å²) in [7, 11) is 1.61. The monoisotopic (exact) mass is 200 g/mol. The van der Waals surface area contributed by atoms with Crippen molar-refractivity contribution in [3.63, 3.8) is 0 Å². The zero-order valence-corrected chi connectivity index (χ0v) is 8.84. The first-order chi connectivity index (χ1) is 6.83. The van der Waals surface area contributed by atoms with Gasteiger partial charge in [-0.1, -0.05) is 0 Å². The van der Waals surface area contributed by atoms with E-state index in [1.54, 1.807) is 7.11 Å². The molecular formula is C10H20N2O2. The van der Waals surface area contributed by atoms with Crippen molar-refractivity contribution in [3.8, 4) is 0 Å². The first-order valence-electron chi connectivity index (χ1n) is 5.32. The highest BCUT2D eigenvalue weighted by Crippen LogP contribution is 2.07. The van der Waals surface area contributed by atoms with Crippen LogP contribution in [0.1, 0.15) is 25.7 Å². The molecule has 0 bridgehead atoms. The van der Waals surface area contributed by atoms with E-state index in [0.29, 0.717) is 19.1 Å². The molecule has 1 aliphatic rings. The number of carbonyl (C=O) groups excluding carboxylic acids is 1. The van der Waals surface area contributed by atoms with E-state index in [1.165, 1.54) is 12.8 Å². The van der Waals surface area contributed by atoms with Gasteiger partial charge < -0.3 is 15.4 Å². The second-order valence-electron chi connectivity index (χ2n) is 3.67. The molecule has 4 heteroatoms. The Kier molecular flexibility index (Phi) is 5.56. The fourth-order valence-electron chi connectivity index (χ4n) is 1.67. The Bertz CT molecular complexity index is 168. The first-order valence-corrected chi connectivity index (χ1v) is 5.32. The largest absolute Gasteiger partial charge is 0.384 e. The molecule has 0 aromatic rings. The second-order valence-corrected chi connectivity index (χ2v) is 3.67. The number of nitrogens with one attached hydrogen (secondary N) is 2. The molecule has 2 N–H and O–H groups in total. The molecule has 1 heterocycles. The van der Waals surface area contributed by atoms with Crippen molar-refractivity contribution in [2.75, 3.05) is 26.8 Å². The van der Waals surface area contributed by atoms with Gasteiger partial charge in [-0.15, -0.1) is 0 Å². The summed E-state index contributed by atoms with van der Waals surface area (Å²) < 4.78 is 4.82. The Labute approximate surface area is 85.4 Å². The molecule has 0 saturated carbocycles. The average molecular weight is 200 g/mol. The van der Waals surface area contributed by atoms with E-state index in [2.05, 4.69) is 10.6 Å². The lowest BCUT2D eigenvalue weighted by atomic mass is 10.1. The molecule has 1 atom stereocenters. The van der Waals surface area contributed by atoms with Crippen LogP contribution < -0.4 is 10.6 Å². The highest BCUT2D eigenvalue weighted by molar-refractivity contribution is 5.75. The summed E-state index contributed by atoms with van der Waals surface area (Å²) in [6.45, 7) is 2.41. The molecule has 1 rings (SSSR count). The van der Waals surface area contributed by atoms with Crippen LogP contribution in [0.25, 0.3) is 0 Å². The van der Waals surface area contributed by atoms with Crippen LogP contribution in [0.2, 0.25) is 0 Å². The van der Waals surface area contributed by atoms with Gasteiger partial charge in [-0.3, -0.25) is 4.79 Å². The SMILES string of the molecule is COCCC(=O)NCC[C@H]1CCCN1. The molecule has 0 unspecified atom stereocenters. The average Bonchev–Trinajstić information content (AvgIpc) is 2.67. The second kappa shape index (κ2) is 6.79. The number of rotatable bonds is 6. The number of methoxy groups -OCH3 is 1. The predicted octanol–water partition coefficient (Wildman–Crippen LogP) is 0.281. The van der Waals surface area contributed by atoms with Crippen LogP contribution in [0, 0.1) is 0 Å². The van der Waals surface area contributed by atoms with E-state index in [4.69, 9.17) is 4.74 Å². The highest BCUT2D eigenvalue weighted by Gasteiger charge is 2.13. The third-order valence-corrected chi connectivity index (χ3v) is 2.51. The molecule has 1 saturated heterocycles. The lowest BCUT2D eigenvalue weighted by Gasteiger charge is -2.10. The van der Waals surface area contributed by atoms with Crippen molar-refractivity contribution in [1.29, 1.82) is 0 Å². The van der Waals surface area contributed by atoms with Gasteiger partial charge in [0.05, 0.1) is 6.61 Å². The van der Waals surface area contributed by atoms with Crippen molar-refractivity contribution in [1.82, 2.24) is 10.6 Å². The van der Waals surface area contributed by atoms with Crippen LogP contribution >= 0.6 is 0 Å². The molecule has 1 aliphatic heterocycles. The molecule has 0 aliphatic carbocycles. The van der Waals surface area contributed by atoms with Crippen LogP contribution in [0.15, 0.2) is 0 Å².